The number of Topliss-reactive ketones (excluding diaryl/α,β-unsaturated/α-hetero) is 1. The summed E-state index contributed by atoms with van der Waals surface area (Å²) in [5, 5.41) is 16.8. The highest BCUT2D eigenvalue weighted by Crippen LogP contribution is 2.09. The van der Waals surface area contributed by atoms with E-state index >= 15 is 0 Å². The fourth-order valence-electron chi connectivity index (χ4n) is 0.517. The fraction of sp³-hybridized carbons (Fsp3) is 0.929. The normalized spacial score (nSPS) is 12.8. The van der Waals surface area contributed by atoms with E-state index in [9.17, 15) is 9.90 Å². The van der Waals surface area contributed by atoms with E-state index in [1.165, 1.54) is 0 Å². The van der Waals surface area contributed by atoms with Crippen molar-refractivity contribution < 1.29 is 9.90 Å². The van der Waals surface area contributed by atoms with Crippen LogP contribution in [0, 0.1) is 0 Å². The maximum Gasteiger partial charge on any atom is 0.172 e. The third kappa shape index (κ3) is 30.3. The largest absolute Gasteiger partial charge is 0.368 e. The van der Waals surface area contributed by atoms with Gasteiger partial charge >= 0.3 is 0 Å². The monoisotopic (exact) mass is 290 g/mol. The van der Waals surface area contributed by atoms with E-state index < -0.39 is 5.72 Å². The van der Waals surface area contributed by atoms with E-state index in [4.69, 9.17) is 5.84 Å². The van der Waals surface area contributed by atoms with E-state index in [1.54, 1.807) is 13.8 Å². The molecule has 0 saturated heterocycles. The van der Waals surface area contributed by atoms with E-state index in [0.29, 0.717) is 19.4 Å². The molecule has 0 aromatic heterocycles. The van der Waals surface area contributed by atoms with Crippen LogP contribution in [0.3, 0.4) is 0 Å². The molecule has 1 atom stereocenters. The minimum atomic E-state index is -0.949. The molecule has 0 amide bonds. The Morgan fingerprint density at radius 1 is 1.25 bits per heavy atom. The van der Waals surface area contributed by atoms with Gasteiger partial charge in [0.2, 0.25) is 0 Å². The maximum atomic E-state index is 9.81. The van der Waals surface area contributed by atoms with Crippen molar-refractivity contribution in [2.45, 2.75) is 73.0 Å². The van der Waals surface area contributed by atoms with Gasteiger partial charge < -0.3 is 9.90 Å². The number of hydrogen-bond acceptors (Lipinski definition) is 6. The first-order valence-corrected chi connectivity index (χ1v) is 7.35. The van der Waals surface area contributed by atoms with Gasteiger partial charge in [-0.3, -0.25) is 11.3 Å². The molecule has 0 heterocycles. The van der Waals surface area contributed by atoms with Crippen LogP contribution < -0.4 is 11.3 Å². The van der Waals surface area contributed by atoms with Gasteiger partial charge in [-0.25, -0.2) is 0 Å². The molecule has 0 aromatic rings. The molecule has 0 bridgehead atoms. The van der Waals surface area contributed by atoms with Crippen LogP contribution in [0.4, 0.5) is 0 Å². The zero-order valence-electron chi connectivity index (χ0n) is 14.1. The number of hydrogen-bond donors (Lipinski definition) is 3. The Labute approximate surface area is 124 Å². The van der Waals surface area contributed by atoms with Crippen molar-refractivity contribution in [3.63, 3.8) is 0 Å². The van der Waals surface area contributed by atoms with Crippen LogP contribution in [0.1, 0.15) is 67.2 Å². The number of carbonyl (C=O) groups is 1. The minimum absolute atomic E-state index is 0.255. The number of nitrogens with one attached hydrogen (secondary N) is 1. The second-order valence-corrected chi connectivity index (χ2v) is 4.55. The first kappa shape index (κ1) is 24.2. The van der Waals surface area contributed by atoms with Gasteiger partial charge in [0.25, 0.3) is 0 Å². The van der Waals surface area contributed by atoms with Gasteiger partial charge in [-0.2, -0.15) is 10.2 Å². The van der Waals surface area contributed by atoms with Crippen molar-refractivity contribution in [3.05, 3.63) is 0 Å². The lowest BCUT2D eigenvalue weighted by atomic mass is 10.2. The molecular weight excluding hydrogens is 256 g/mol. The average Bonchev–Trinajstić information content (AvgIpc) is 2.41. The Morgan fingerprint density at radius 3 is 1.95 bits per heavy atom. The average molecular weight is 290 g/mol. The molecule has 0 aliphatic heterocycles. The number of aliphatic hydroxyl groups is 1. The predicted molar refractivity (Wildman–Crippen MR) is 84.4 cm³/mol. The molecule has 0 aliphatic carbocycles. The van der Waals surface area contributed by atoms with Crippen LogP contribution in [-0.4, -0.2) is 29.7 Å². The highest BCUT2D eigenvalue weighted by molar-refractivity contribution is 5.74. The molecule has 1 unspecified atom stereocenters. The van der Waals surface area contributed by atoms with Crippen LogP contribution in [0.15, 0.2) is 10.2 Å². The van der Waals surface area contributed by atoms with Crippen molar-refractivity contribution >= 4 is 5.78 Å². The molecule has 0 aliphatic rings. The number of nitrogens with zero attached hydrogens (tertiary/aromatic N) is 2. The number of rotatable bonds is 7. The topological polar surface area (TPSA) is 100 Å². The first-order chi connectivity index (χ1) is 9.31. The Bertz CT molecular complexity index is 229. The summed E-state index contributed by atoms with van der Waals surface area (Å²) in [4.78, 5) is 9.81. The summed E-state index contributed by atoms with van der Waals surface area (Å²) < 4.78 is 0. The summed E-state index contributed by atoms with van der Waals surface area (Å²) in [6, 6.07) is 0. The Hall–Kier alpha value is -0.850. The molecule has 20 heavy (non-hydrogen) atoms. The third-order valence-corrected chi connectivity index (χ3v) is 2.17. The summed E-state index contributed by atoms with van der Waals surface area (Å²) in [5.74, 6) is 5.14. The minimum Gasteiger partial charge on any atom is -0.368 e. The summed E-state index contributed by atoms with van der Waals surface area (Å²) in [6.07, 6.45) is 3.36. The Balaban J connectivity index is -0.000000244. The Kier molecular flexibility index (Phi) is 21.9. The number of ketones is 1. The lowest BCUT2D eigenvalue weighted by Gasteiger charge is -2.12. The van der Waals surface area contributed by atoms with Gasteiger partial charge in [0, 0.05) is 13.0 Å². The number of nitrogens with two attached hydrogens (primary N) is 1. The van der Waals surface area contributed by atoms with Crippen molar-refractivity contribution in [1.29, 1.82) is 0 Å². The van der Waals surface area contributed by atoms with E-state index in [0.717, 1.165) is 19.4 Å². The summed E-state index contributed by atoms with van der Waals surface area (Å²) in [5.41, 5.74) is 1.57. The summed E-state index contributed by atoms with van der Waals surface area (Å²) in [7, 11) is 0. The molecule has 6 nitrogen and oxygen atoms in total. The molecule has 0 rings (SSSR count). The molecule has 6 heteroatoms. The maximum absolute atomic E-state index is 9.81. The fourth-order valence-corrected chi connectivity index (χ4v) is 0.517. The highest BCUT2D eigenvalue weighted by atomic mass is 16.3. The van der Waals surface area contributed by atoms with Gasteiger partial charge in [-0.05, 0) is 33.1 Å². The van der Waals surface area contributed by atoms with E-state index in [-0.39, 0.29) is 5.78 Å². The molecular formula is C14H34N4O2. The molecule has 0 radical (unpaired) electrons. The van der Waals surface area contributed by atoms with Crippen molar-refractivity contribution in [2.75, 3.05) is 13.1 Å². The molecule has 0 aromatic carbocycles. The Morgan fingerprint density at radius 2 is 1.75 bits per heavy atom. The quantitative estimate of drug-likeness (QED) is 0.381. The SMILES string of the molecule is CCC(C)=O.CCC/N=N/C(C)(O)CC.CCCNN. The van der Waals surface area contributed by atoms with Gasteiger partial charge in [-0.15, -0.1) is 0 Å². The standard InChI is InChI=1S/C7H16N2O.C4H8O.C3H10N2/c1-4-6-8-9-7(3,10)5-2;1-3-4(2)5;1-2-3-5-4/h10H,4-6H2,1-3H3;3H2,1-2H3;5H,2-4H2,1H3/b9-8+;;. The zero-order valence-corrected chi connectivity index (χ0v) is 14.1. The molecule has 0 saturated carbocycles. The zero-order chi connectivity index (χ0) is 16.4. The van der Waals surface area contributed by atoms with Crippen LogP contribution in [0.2, 0.25) is 0 Å². The molecule has 0 spiro atoms. The molecule has 122 valence electrons. The lowest BCUT2D eigenvalue weighted by Crippen LogP contribution is -2.21. The lowest BCUT2D eigenvalue weighted by molar-refractivity contribution is -0.116. The second-order valence-electron chi connectivity index (χ2n) is 4.55. The van der Waals surface area contributed by atoms with Crippen molar-refractivity contribution in [2.24, 2.45) is 16.1 Å². The van der Waals surface area contributed by atoms with Crippen LogP contribution in [0.25, 0.3) is 0 Å². The molecule has 0 fully saturated rings. The van der Waals surface area contributed by atoms with Gasteiger partial charge in [0.05, 0.1) is 6.54 Å². The van der Waals surface area contributed by atoms with Gasteiger partial charge in [0.1, 0.15) is 5.78 Å². The van der Waals surface area contributed by atoms with Gasteiger partial charge in [-0.1, -0.05) is 27.7 Å². The molecule has 4 N–H and O–H groups in total. The van der Waals surface area contributed by atoms with Crippen LogP contribution >= 0.6 is 0 Å². The number of carbonyl (C=O) groups excluding carboxylic acids is 1. The first-order valence-electron chi connectivity index (χ1n) is 7.35. The predicted octanol–water partition coefficient (Wildman–Crippen LogP) is 2.81. The smallest absolute Gasteiger partial charge is 0.172 e. The summed E-state index contributed by atoms with van der Waals surface area (Å²) in [6.45, 7) is 12.7. The highest BCUT2D eigenvalue weighted by Gasteiger charge is 2.14. The third-order valence-electron chi connectivity index (χ3n) is 2.17. The number of azo groups is 1. The van der Waals surface area contributed by atoms with E-state index in [2.05, 4.69) is 22.6 Å². The van der Waals surface area contributed by atoms with E-state index in [1.807, 2.05) is 20.8 Å². The van der Waals surface area contributed by atoms with Crippen LogP contribution in [-0.2, 0) is 4.79 Å². The summed E-state index contributed by atoms with van der Waals surface area (Å²) >= 11 is 0. The van der Waals surface area contributed by atoms with Crippen LogP contribution in [0.5, 0.6) is 0 Å². The van der Waals surface area contributed by atoms with Crippen molar-refractivity contribution in [1.82, 2.24) is 5.43 Å². The number of hydrazine groups is 1. The van der Waals surface area contributed by atoms with Crippen molar-refractivity contribution in [3.8, 4) is 0 Å². The van der Waals surface area contributed by atoms with Gasteiger partial charge in [0.15, 0.2) is 5.72 Å². The second kappa shape index (κ2) is 18.1.